The molecule has 2 N–H and O–H groups in total. The zero-order valence-electron chi connectivity index (χ0n) is 12.3. The molecule has 6 heteroatoms. The summed E-state index contributed by atoms with van der Waals surface area (Å²) in [5, 5.41) is 12.0. The fraction of sp³-hybridized carbons (Fsp3) is 0.846. The van der Waals surface area contributed by atoms with Crippen molar-refractivity contribution in [3.63, 3.8) is 0 Å². The van der Waals surface area contributed by atoms with Crippen molar-refractivity contribution < 1.29 is 14.7 Å². The Bertz CT molecular complexity index is 336. The van der Waals surface area contributed by atoms with E-state index in [0.717, 1.165) is 6.42 Å². The molecule has 0 saturated carbocycles. The van der Waals surface area contributed by atoms with E-state index in [4.69, 9.17) is 5.11 Å². The van der Waals surface area contributed by atoms with E-state index in [2.05, 4.69) is 5.32 Å². The van der Waals surface area contributed by atoms with Crippen LogP contribution in [0.1, 0.15) is 34.1 Å². The number of rotatable bonds is 4. The van der Waals surface area contributed by atoms with Gasteiger partial charge < -0.3 is 15.3 Å². The Morgan fingerprint density at radius 1 is 1.26 bits per heavy atom. The number of carboxylic acid groups (broad SMARTS) is 1. The molecule has 0 radical (unpaired) electrons. The normalized spacial score (nSPS) is 19.1. The fourth-order valence-corrected chi connectivity index (χ4v) is 1.93. The maximum absolute atomic E-state index is 12.1. The van der Waals surface area contributed by atoms with Gasteiger partial charge in [-0.05, 0) is 27.2 Å². The smallest absolute Gasteiger partial charge is 0.320 e. The molecule has 2 amide bonds. The van der Waals surface area contributed by atoms with Gasteiger partial charge in [-0.1, -0.05) is 6.92 Å². The van der Waals surface area contributed by atoms with Crippen LogP contribution >= 0.6 is 0 Å². The SMILES string of the molecule is CCC(C)(C)NC(=O)N1CCN(C(C)C(=O)O)CC1. The number of carboxylic acids is 1. The van der Waals surface area contributed by atoms with Gasteiger partial charge in [-0.3, -0.25) is 9.69 Å². The van der Waals surface area contributed by atoms with Crippen LogP contribution in [0.15, 0.2) is 0 Å². The molecular weight excluding hydrogens is 246 g/mol. The van der Waals surface area contributed by atoms with Gasteiger partial charge in [-0.2, -0.15) is 0 Å². The number of nitrogens with zero attached hydrogens (tertiary/aromatic N) is 2. The van der Waals surface area contributed by atoms with Crippen LogP contribution in [0.3, 0.4) is 0 Å². The van der Waals surface area contributed by atoms with Crippen LogP contribution in [0, 0.1) is 0 Å². The molecule has 1 aliphatic heterocycles. The van der Waals surface area contributed by atoms with Gasteiger partial charge in [0.05, 0.1) is 0 Å². The van der Waals surface area contributed by atoms with E-state index in [0.29, 0.717) is 26.2 Å². The largest absolute Gasteiger partial charge is 0.480 e. The first-order chi connectivity index (χ1) is 8.76. The third-order valence-corrected chi connectivity index (χ3v) is 3.84. The Morgan fingerprint density at radius 2 is 1.79 bits per heavy atom. The number of aliphatic carboxylic acids is 1. The molecule has 1 fully saturated rings. The van der Waals surface area contributed by atoms with Gasteiger partial charge in [0.2, 0.25) is 0 Å². The summed E-state index contributed by atoms with van der Waals surface area (Å²) in [5.74, 6) is -0.815. The minimum atomic E-state index is -0.815. The first kappa shape index (κ1) is 15.8. The predicted molar refractivity (Wildman–Crippen MR) is 73.1 cm³/mol. The lowest BCUT2D eigenvalue weighted by atomic mass is 10.0. The molecule has 1 unspecified atom stereocenters. The van der Waals surface area contributed by atoms with Gasteiger partial charge in [0.25, 0.3) is 0 Å². The number of amides is 2. The van der Waals surface area contributed by atoms with Crippen LogP contribution in [-0.4, -0.2) is 64.7 Å². The number of carbonyl (C=O) groups is 2. The second-order valence-corrected chi connectivity index (χ2v) is 5.70. The van der Waals surface area contributed by atoms with Gasteiger partial charge in [-0.15, -0.1) is 0 Å². The molecule has 0 aromatic carbocycles. The summed E-state index contributed by atoms with van der Waals surface area (Å²) in [6, 6.07) is -0.549. The van der Waals surface area contributed by atoms with Crippen LogP contribution in [0.25, 0.3) is 0 Å². The van der Waals surface area contributed by atoms with E-state index in [1.54, 1.807) is 11.8 Å². The lowest BCUT2D eigenvalue weighted by molar-refractivity contribution is -0.143. The molecular formula is C13H25N3O3. The molecule has 0 aromatic rings. The van der Waals surface area contributed by atoms with Crippen LogP contribution in [0.4, 0.5) is 4.79 Å². The van der Waals surface area contributed by atoms with E-state index >= 15 is 0 Å². The van der Waals surface area contributed by atoms with Crippen LogP contribution in [0.5, 0.6) is 0 Å². The van der Waals surface area contributed by atoms with Crippen molar-refractivity contribution in [1.29, 1.82) is 0 Å². The molecule has 0 bridgehead atoms. The number of nitrogens with one attached hydrogen (secondary N) is 1. The summed E-state index contributed by atoms with van der Waals surface area (Å²) in [7, 11) is 0. The number of piperazine rings is 1. The van der Waals surface area contributed by atoms with Crippen LogP contribution in [0.2, 0.25) is 0 Å². The van der Waals surface area contributed by atoms with Crippen molar-refractivity contribution in [1.82, 2.24) is 15.1 Å². The summed E-state index contributed by atoms with van der Waals surface area (Å²) < 4.78 is 0. The highest BCUT2D eigenvalue weighted by molar-refractivity contribution is 5.75. The van der Waals surface area contributed by atoms with Crippen molar-refractivity contribution in [2.24, 2.45) is 0 Å². The molecule has 1 atom stereocenters. The van der Waals surface area contributed by atoms with E-state index in [-0.39, 0.29) is 11.6 Å². The summed E-state index contributed by atoms with van der Waals surface area (Å²) in [6.45, 7) is 10.1. The van der Waals surface area contributed by atoms with Gasteiger partial charge >= 0.3 is 12.0 Å². The van der Waals surface area contributed by atoms with E-state index < -0.39 is 12.0 Å². The highest BCUT2D eigenvalue weighted by Gasteiger charge is 2.28. The molecule has 1 saturated heterocycles. The van der Waals surface area contributed by atoms with Gasteiger partial charge in [-0.25, -0.2) is 4.79 Å². The third kappa shape index (κ3) is 4.38. The Morgan fingerprint density at radius 3 is 2.21 bits per heavy atom. The second-order valence-electron chi connectivity index (χ2n) is 5.70. The zero-order valence-corrected chi connectivity index (χ0v) is 12.3. The van der Waals surface area contributed by atoms with Crippen molar-refractivity contribution in [2.75, 3.05) is 26.2 Å². The fourth-order valence-electron chi connectivity index (χ4n) is 1.93. The molecule has 0 spiro atoms. The van der Waals surface area contributed by atoms with E-state index in [1.807, 2.05) is 25.7 Å². The second kappa shape index (κ2) is 6.23. The molecule has 6 nitrogen and oxygen atoms in total. The van der Waals surface area contributed by atoms with Gasteiger partial charge in [0.1, 0.15) is 6.04 Å². The molecule has 110 valence electrons. The highest BCUT2D eigenvalue weighted by atomic mass is 16.4. The Balaban J connectivity index is 2.46. The standard InChI is InChI=1S/C13H25N3O3/c1-5-13(3,4)14-12(19)16-8-6-15(7-9-16)10(2)11(17)18/h10H,5-9H2,1-4H3,(H,14,19)(H,17,18). The summed E-state index contributed by atoms with van der Waals surface area (Å²) >= 11 is 0. The Labute approximate surface area is 114 Å². The van der Waals surface area contributed by atoms with E-state index in [1.165, 1.54) is 0 Å². The topological polar surface area (TPSA) is 72.9 Å². The Kier molecular flexibility index (Phi) is 5.17. The lowest BCUT2D eigenvalue weighted by Gasteiger charge is -2.38. The summed E-state index contributed by atoms with van der Waals surface area (Å²) in [4.78, 5) is 26.6. The van der Waals surface area contributed by atoms with Crippen molar-refractivity contribution in [2.45, 2.75) is 45.7 Å². The number of urea groups is 1. The number of carbonyl (C=O) groups excluding carboxylic acids is 1. The predicted octanol–water partition coefficient (Wildman–Crippen LogP) is 0.975. The summed E-state index contributed by atoms with van der Waals surface area (Å²) in [5.41, 5.74) is -0.206. The average Bonchev–Trinajstić information content (AvgIpc) is 2.37. The summed E-state index contributed by atoms with van der Waals surface area (Å²) in [6.07, 6.45) is 0.870. The molecule has 0 aromatic heterocycles. The Hall–Kier alpha value is -1.30. The first-order valence-electron chi connectivity index (χ1n) is 6.81. The molecule has 0 aliphatic carbocycles. The van der Waals surface area contributed by atoms with Crippen LogP contribution < -0.4 is 5.32 Å². The monoisotopic (exact) mass is 271 g/mol. The average molecular weight is 271 g/mol. The zero-order chi connectivity index (χ0) is 14.6. The molecule has 1 rings (SSSR count). The minimum absolute atomic E-state index is 0.0607. The van der Waals surface area contributed by atoms with Crippen LogP contribution in [-0.2, 0) is 4.79 Å². The molecule has 19 heavy (non-hydrogen) atoms. The van der Waals surface area contributed by atoms with Crippen molar-refractivity contribution in [3.05, 3.63) is 0 Å². The third-order valence-electron chi connectivity index (χ3n) is 3.84. The molecule has 1 heterocycles. The van der Waals surface area contributed by atoms with Gasteiger partial charge in [0, 0.05) is 31.7 Å². The van der Waals surface area contributed by atoms with E-state index in [9.17, 15) is 9.59 Å². The van der Waals surface area contributed by atoms with Gasteiger partial charge in [0.15, 0.2) is 0 Å². The highest BCUT2D eigenvalue weighted by Crippen LogP contribution is 2.10. The lowest BCUT2D eigenvalue weighted by Crippen LogP contribution is -2.57. The number of hydrogen-bond donors (Lipinski definition) is 2. The first-order valence-corrected chi connectivity index (χ1v) is 6.81. The molecule has 1 aliphatic rings. The quantitative estimate of drug-likeness (QED) is 0.799. The van der Waals surface area contributed by atoms with Crippen molar-refractivity contribution >= 4 is 12.0 Å². The minimum Gasteiger partial charge on any atom is -0.480 e. The maximum Gasteiger partial charge on any atom is 0.320 e. The van der Waals surface area contributed by atoms with Crippen molar-refractivity contribution in [3.8, 4) is 0 Å². The number of hydrogen-bond acceptors (Lipinski definition) is 3. The maximum atomic E-state index is 12.1.